The second-order valence-electron chi connectivity index (χ2n) is 6.22. The van der Waals surface area contributed by atoms with Crippen molar-refractivity contribution in [1.82, 2.24) is 5.32 Å². The van der Waals surface area contributed by atoms with E-state index in [0.29, 0.717) is 43.9 Å². The normalized spacial score (nSPS) is 12.9. The van der Waals surface area contributed by atoms with E-state index in [4.69, 9.17) is 10.5 Å². The van der Waals surface area contributed by atoms with Gasteiger partial charge in [-0.3, -0.25) is 9.10 Å². The van der Waals surface area contributed by atoms with Crippen LogP contribution in [0.2, 0.25) is 0 Å². The highest BCUT2D eigenvalue weighted by Gasteiger charge is 2.31. The molecule has 0 spiro atoms. The van der Waals surface area contributed by atoms with Crippen LogP contribution in [-0.4, -0.2) is 41.1 Å². The number of methoxy groups -OCH3 is 1. The fourth-order valence-corrected chi connectivity index (χ4v) is 4.64. The van der Waals surface area contributed by atoms with Gasteiger partial charge in [-0.25, -0.2) is 8.42 Å². The zero-order valence-corrected chi connectivity index (χ0v) is 17.2. The maximum Gasteiger partial charge on any atom is 0.264 e. The van der Waals surface area contributed by atoms with Crippen molar-refractivity contribution in [3.63, 3.8) is 0 Å². The predicted octanol–water partition coefficient (Wildman–Crippen LogP) is 1.95. The summed E-state index contributed by atoms with van der Waals surface area (Å²) in [5, 5.41) is 2.73. The van der Waals surface area contributed by atoms with E-state index in [1.165, 1.54) is 29.6 Å². The summed E-state index contributed by atoms with van der Waals surface area (Å²) in [6.45, 7) is 1.25. The standard InChI is InChI=1S/C19H23N3O4S.ClH/c1-26-18-8-7-15(13-16(18)19(23)21-11-4-10-20)27(24,25)22-12-9-14-5-2-3-6-17(14)22;/h2-3,5-8,13H,4,9-12,20H2,1H3,(H,21,23);1H. The molecular formula is C19H24ClN3O4S. The van der Waals surface area contributed by atoms with Gasteiger partial charge < -0.3 is 15.8 Å². The summed E-state index contributed by atoms with van der Waals surface area (Å²) in [6.07, 6.45) is 1.30. The smallest absolute Gasteiger partial charge is 0.264 e. The van der Waals surface area contributed by atoms with E-state index in [1.807, 2.05) is 18.2 Å². The fraction of sp³-hybridized carbons (Fsp3) is 0.316. The highest BCUT2D eigenvalue weighted by atomic mass is 35.5. The van der Waals surface area contributed by atoms with E-state index < -0.39 is 10.0 Å². The van der Waals surface area contributed by atoms with Gasteiger partial charge in [-0.2, -0.15) is 0 Å². The molecule has 0 fully saturated rings. The number of carbonyl (C=O) groups excluding carboxylic acids is 1. The van der Waals surface area contributed by atoms with Crippen LogP contribution in [0, 0.1) is 0 Å². The van der Waals surface area contributed by atoms with E-state index >= 15 is 0 Å². The van der Waals surface area contributed by atoms with Gasteiger partial charge in [-0.15, -0.1) is 12.4 Å². The minimum absolute atomic E-state index is 0. The van der Waals surface area contributed by atoms with Crippen LogP contribution in [0.4, 0.5) is 5.69 Å². The number of amides is 1. The maximum atomic E-state index is 13.2. The van der Waals surface area contributed by atoms with Crippen molar-refractivity contribution in [3.8, 4) is 5.75 Å². The Balaban J connectivity index is 0.00000280. The number of fused-ring (bicyclic) bond motifs is 1. The quantitative estimate of drug-likeness (QED) is 0.660. The molecule has 0 radical (unpaired) electrons. The van der Waals surface area contributed by atoms with Crippen molar-refractivity contribution in [2.75, 3.05) is 31.0 Å². The Morgan fingerprint density at radius 2 is 2.00 bits per heavy atom. The molecule has 0 saturated carbocycles. The van der Waals surface area contributed by atoms with E-state index in [1.54, 1.807) is 6.07 Å². The molecule has 2 aromatic rings. The summed E-state index contributed by atoms with van der Waals surface area (Å²) in [4.78, 5) is 12.5. The lowest BCUT2D eigenvalue weighted by Gasteiger charge is -2.20. The number of anilines is 1. The third-order valence-corrected chi connectivity index (χ3v) is 6.32. The zero-order chi connectivity index (χ0) is 19.4. The molecule has 1 aliphatic rings. The van der Waals surface area contributed by atoms with E-state index in [2.05, 4.69) is 5.32 Å². The Bertz CT molecular complexity index is 950. The zero-order valence-electron chi connectivity index (χ0n) is 15.6. The van der Waals surface area contributed by atoms with Gasteiger partial charge >= 0.3 is 0 Å². The van der Waals surface area contributed by atoms with Gasteiger partial charge in [-0.1, -0.05) is 18.2 Å². The van der Waals surface area contributed by atoms with Crippen molar-refractivity contribution in [2.45, 2.75) is 17.7 Å². The third kappa shape index (κ3) is 4.24. The lowest BCUT2D eigenvalue weighted by atomic mass is 10.2. The Morgan fingerprint density at radius 3 is 2.71 bits per heavy atom. The van der Waals surface area contributed by atoms with Crippen LogP contribution in [0.3, 0.4) is 0 Å². The Hall–Kier alpha value is -2.29. The first-order chi connectivity index (χ1) is 13.0. The van der Waals surface area contributed by atoms with Crippen LogP contribution in [0.15, 0.2) is 47.4 Å². The third-order valence-electron chi connectivity index (χ3n) is 4.51. The molecule has 28 heavy (non-hydrogen) atoms. The first kappa shape index (κ1) is 22.0. The molecule has 152 valence electrons. The molecule has 0 unspecified atom stereocenters. The number of hydrogen-bond donors (Lipinski definition) is 2. The van der Waals surface area contributed by atoms with Crippen LogP contribution < -0.4 is 20.1 Å². The molecule has 1 amide bonds. The number of sulfonamides is 1. The maximum absolute atomic E-state index is 13.2. The van der Waals surface area contributed by atoms with Gasteiger partial charge in [0.2, 0.25) is 0 Å². The predicted molar refractivity (Wildman–Crippen MR) is 111 cm³/mol. The lowest BCUT2D eigenvalue weighted by Crippen LogP contribution is -2.30. The number of benzene rings is 2. The van der Waals surface area contributed by atoms with Gasteiger partial charge in [-0.05, 0) is 49.2 Å². The van der Waals surface area contributed by atoms with Crippen molar-refractivity contribution in [3.05, 3.63) is 53.6 Å². The molecule has 2 aromatic carbocycles. The number of para-hydroxylation sites is 1. The second kappa shape index (κ2) is 9.27. The van der Waals surface area contributed by atoms with Crippen LogP contribution in [0.5, 0.6) is 5.75 Å². The molecule has 1 heterocycles. The largest absolute Gasteiger partial charge is 0.496 e. The summed E-state index contributed by atoms with van der Waals surface area (Å²) in [5.74, 6) is -0.0693. The molecule has 0 aliphatic carbocycles. The van der Waals surface area contributed by atoms with Gasteiger partial charge in [0.15, 0.2) is 0 Å². The number of nitrogens with one attached hydrogen (secondary N) is 1. The molecular weight excluding hydrogens is 402 g/mol. The topological polar surface area (TPSA) is 102 Å². The molecule has 3 rings (SSSR count). The number of rotatable bonds is 7. The first-order valence-electron chi connectivity index (χ1n) is 8.76. The summed E-state index contributed by atoms with van der Waals surface area (Å²) in [6, 6.07) is 11.8. The molecule has 7 nitrogen and oxygen atoms in total. The average molecular weight is 426 g/mol. The molecule has 0 atom stereocenters. The lowest BCUT2D eigenvalue weighted by molar-refractivity contribution is 0.0950. The van der Waals surface area contributed by atoms with Gasteiger partial charge in [0.1, 0.15) is 5.75 Å². The van der Waals surface area contributed by atoms with Gasteiger partial charge in [0, 0.05) is 13.1 Å². The van der Waals surface area contributed by atoms with E-state index in [0.717, 1.165) is 5.56 Å². The average Bonchev–Trinajstić information content (AvgIpc) is 3.12. The Morgan fingerprint density at radius 1 is 1.25 bits per heavy atom. The summed E-state index contributed by atoms with van der Waals surface area (Å²) < 4.78 is 33.0. The highest BCUT2D eigenvalue weighted by molar-refractivity contribution is 7.92. The molecule has 0 saturated heterocycles. The molecule has 9 heteroatoms. The summed E-state index contributed by atoms with van der Waals surface area (Å²) in [7, 11) is -2.34. The van der Waals surface area contributed by atoms with Crippen molar-refractivity contribution in [2.24, 2.45) is 5.73 Å². The Labute approximate surface area is 171 Å². The number of ether oxygens (including phenoxy) is 1. The van der Waals surface area contributed by atoms with Gasteiger partial charge in [0.25, 0.3) is 15.9 Å². The fourth-order valence-electron chi connectivity index (χ4n) is 3.11. The van der Waals surface area contributed by atoms with Crippen molar-refractivity contribution < 1.29 is 17.9 Å². The van der Waals surface area contributed by atoms with E-state index in [-0.39, 0.29) is 28.8 Å². The van der Waals surface area contributed by atoms with Crippen molar-refractivity contribution in [1.29, 1.82) is 0 Å². The first-order valence-corrected chi connectivity index (χ1v) is 10.2. The number of nitrogens with zero attached hydrogens (tertiary/aromatic N) is 1. The SMILES string of the molecule is COc1ccc(S(=O)(=O)N2CCc3ccccc32)cc1C(=O)NCCCN.Cl. The van der Waals surface area contributed by atoms with Crippen LogP contribution >= 0.6 is 12.4 Å². The molecule has 0 bridgehead atoms. The molecule has 3 N–H and O–H groups in total. The van der Waals surface area contributed by atoms with Gasteiger partial charge in [0.05, 0.1) is 23.3 Å². The summed E-state index contributed by atoms with van der Waals surface area (Å²) >= 11 is 0. The molecule has 1 aliphatic heterocycles. The number of halogens is 1. The molecule has 0 aromatic heterocycles. The van der Waals surface area contributed by atoms with Crippen LogP contribution in [0.1, 0.15) is 22.3 Å². The minimum Gasteiger partial charge on any atom is -0.496 e. The van der Waals surface area contributed by atoms with Crippen molar-refractivity contribution >= 4 is 34.0 Å². The number of hydrogen-bond acceptors (Lipinski definition) is 5. The van der Waals surface area contributed by atoms with E-state index in [9.17, 15) is 13.2 Å². The van der Waals surface area contributed by atoms with Crippen LogP contribution in [-0.2, 0) is 16.4 Å². The second-order valence-corrected chi connectivity index (χ2v) is 8.08. The monoisotopic (exact) mass is 425 g/mol. The number of nitrogens with two attached hydrogens (primary N) is 1. The minimum atomic E-state index is -3.78. The van der Waals surface area contributed by atoms with Crippen LogP contribution in [0.25, 0.3) is 0 Å². The number of carbonyl (C=O) groups is 1. The Kier molecular flexibility index (Phi) is 7.29. The summed E-state index contributed by atoms with van der Waals surface area (Å²) in [5.41, 5.74) is 7.30. The highest BCUT2D eigenvalue weighted by Crippen LogP contribution is 2.33.